The Bertz CT molecular complexity index is 2930. The lowest BCUT2D eigenvalue weighted by Crippen LogP contribution is -1.94. The molecule has 0 fully saturated rings. The second-order valence-electron chi connectivity index (χ2n) is 12.8. The van der Waals surface area contributed by atoms with Gasteiger partial charge in [-0.3, -0.25) is 9.97 Å². The summed E-state index contributed by atoms with van der Waals surface area (Å²) >= 11 is 0. The Morgan fingerprint density at radius 1 is 0.412 bits per heavy atom. The highest BCUT2D eigenvalue weighted by Gasteiger charge is 2.18. The molecule has 4 aromatic carbocycles. The fraction of sp³-hybridized carbons (Fsp3) is 0. The van der Waals surface area contributed by atoms with Crippen LogP contribution in [0.5, 0.6) is 0 Å². The maximum absolute atomic E-state index is 6.26. The highest BCUT2D eigenvalue weighted by atomic mass is 16.3. The molecule has 0 amide bonds. The Balaban J connectivity index is 1.07. The third-order valence-electron chi connectivity index (χ3n) is 9.92. The number of rotatable bonds is 4. The van der Waals surface area contributed by atoms with Gasteiger partial charge in [0.1, 0.15) is 11.0 Å². The molecule has 0 saturated carbocycles. The number of para-hydroxylation sites is 2. The quantitative estimate of drug-likeness (QED) is 0.189. The SMILES string of the molecule is c1ccc(-n2c3cnccc3c3ccc(-c4ccc5oc6ccc(-c7ccc8c9ccncc9n(-c9ccccc9)c8c7)nc6c5n4)cc32)cc1. The van der Waals surface area contributed by atoms with Crippen molar-refractivity contribution in [3.8, 4) is 33.9 Å². The van der Waals surface area contributed by atoms with Gasteiger partial charge in [0.15, 0.2) is 11.2 Å². The normalized spacial score (nSPS) is 11.9. The van der Waals surface area contributed by atoms with Crippen molar-refractivity contribution in [3.63, 3.8) is 0 Å². The van der Waals surface area contributed by atoms with Gasteiger partial charge in [-0.15, -0.1) is 0 Å². The lowest BCUT2D eigenvalue weighted by atomic mass is 10.1. The molecule has 11 aromatic rings. The monoisotopic (exact) mass is 654 g/mol. The molecule has 238 valence electrons. The van der Waals surface area contributed by atoms with Gasteiger partial charge in [0.2, 0.25) is 0 Å². The Morgan fingerprint density at radius 2 is 0.863 bits per heavy atom. The van der Waals surface area contributed by atoms with Crippen LogP contribution < -0.4 is 0 Å². The summed E-state index contributed by atoms with van der Waals surface area (Å²) < 4.78 is 10.8. The molecule has 0 spiro atoms. The zero-order chi connectivity index (χ0) is 33.5. The number of aromatic nitrogens is 6. The van der Waals surface area contributed by atoms with Crippen molar-refractivity contribution in [2.75, 3.05) is 0 Å². The predicted molar refractivity (Wildman–Crippen MR) is 204 cm³/mol. The summed E-state index contributed by atoms with van der Waals surface area (Å²) in [5.41, 5.74) is 13.1. The Morgan fingerprint density at radius 3 is 1.33 bits per heavy atom. The van der Waals surface area contributed by atoms with Crippen LogP contribution in [0, 0.1) is 0 Å². The van der Waals surface area contributed by atoms with E-state index in [-0.39, 0.29) is 0 Å². The van der Waals surface area contributed by atoms with E-state index in [1.807, 2.05) is 61.2 Å². The molecule has 0 saturated heterocycles. The minimum atomic E-state index is 0.705. The minimum absolute atomic E-state index is 0.705. The second-order valence-corrected chi connectivity index (χ2v) is 12.8. The summed E-state index contributed by atoms with van der Waals surface area (Å²) in [7, 11) is 0. The third kappa shape index (κ3) is 4.18. The van der Waals surface area contributed by atoms with Crippen molar-refractivity contribution in [2.45, 2.75) is 0 Å². The highest BCUT2D eigenvalue weighted by molar-refractivity contribution is 6.11. The first-order chi connectivity index (χ1) is 25.3. The first-order valence-electron chi connectivity index (χ1n) is 16.9. The predicted octanol–water partition coefficient (Wildman–Crippen LogP) is 10.7. The van der Waals surface area contributed by atoms with E-state index in [4.69, 9.17) is 14.4 Å². The zero-order valence-corrected chi connectivity index (χ0v) is 27.1. The summed E-state index contributed by atoms with van der Waals surface area (Å²) in [5.74, 6) is 0. The topological polar surface area (TPSA) is 74.6 Å². The number of benzene rings is 4. The number of hydrogen-bond donors (Lipinski definition) is 0. The first kappa shape index (κ1) is 27.8. The van der Waals surface area contributed by atoms with Gasteiger partial charge in [-0.2, -0.15) is 0 Å². The van der Waals surface area contributed by atoms with Gasteiger partial charge in [-0.05, 0) is 72.8 Å². The first-order valence-corrected chi connectivity index (χ1v) is 16.9. The van der Waals surface area contributed by atoms with Crippen molar-refractivity contribution in [2.24, 2.45) is 0 Å². The van der Waals surface area contributed by atoms with E-state index >= 15 is 0 Å². The number of nitrogens with zero attached hydrogens (tertiary/aromatic N) is 6. The standard InChI is InChI=1S/C44H26N6O/c1-3-7-29(8-4-1)49-37-23-27(11-13-31(37)33-19-21-45-25-39(33)49)35-15-17-41-43(47-35)44-42(51-41)18-16-36(48-44)28-12-14-32-34-20-22-46-26-40(34)50(38(32)24-28)30-9-5-2-6-10-30/h1-26H. The number of furan rings is 1. The number of fused-ring (bicyclic) bond motifs is 9. The molecule has 11 rings (SSSR count). The van der Waals surface area contributed by atoms with E-state index in [0.29, 0.717) is 11.2 Å². The summed E-state index contributed by atoms with van der Waals surface area (Å²) in [6, 6.07) is 46.1. The molecule has 0 unspecified atom stereocenters. The van der Waals surface area contributed by atoms with E-state index in [9.17, 15) is 0 Å². The van der Waals surface area contributed by atoms with Crippen LogP contribution in [0.25, 0.3) is 99.7 Å². The van der Waals surface area contributed by atoms with Crippen molar-refractivity contribution in [3.05, 3.63) is 158 Å². The Labute approximate surface area is 290 Å². The van der Waals surface area contributed by atoms with Gasteiger partial charge in [0.25, 0.3) is 0 Å². The van der Waals surface area contributed by atoms with Crippen molar-refractivity contribution in [1.82, 2.24) is 29.1 Å². The Hall–Kier alpha value is -7.12. The Kier molecular flexibility index (Phi) is 5.83. The second kappa shape index (κ2) is 10.7. The molecule has 0 bridgehead atoms. The van der Waals surface area contributed by atoms with Crippen molar-refractivity contribution < 1.29 is 4.42 Å². The average molecular weight is 655 g/mol. The van der Waals surface area contributed by atoms with Crippen molar-refractivity contribution in [1.29, 1.82) is 0 Å². The van der Waals surface area contributed by atoms with Gasteiger partial charge < -0.3 is 13.6 Å². The molecule has 0 atom stereocenters. The summed E-state index contributed by atoms with van der Waals surface area (Å²) in [6.45, 7) is 0. The number of pyridine rings is 4. The average Bonchev–Trinajstić information content (AvgIpc) is 3.85. The van der Waals surface area contributed by atoms with Gasteiger partial charge in [-0.25, -0.2) is 9.97 Å². The zero-order valence-electron chi connectivity index (χ0n) is 27.1. The molecule has 0 aliphatic carbocycles. The van der Waals surface area contributed by atoms with Gasteiger partial charge in [0.05, 0.1) is 45.8 Å². The van der Waals surface area contributed by atoms with Crippen LogP contribution in [0.1, 0.15) is 0 Å². The third-order valence-corrected chi connectivity index (χ3v) is 9.92. The molecule has 0 radical (unpaired) electrons. The number of hydrogen-bond acceptors (Lipinski definition) is 5. The van der Waals surface area contributed by atoms with E-state index < -0.39 is 0 Å². The molecular formula is C44H26N6O. The van der Waals surface area contributed by atoms with Crippen LogP contribution in [-0.2, 0) is 0 Å². The van der Waals surface area contributed by atoms with Gasteiger partial charge in [0, 0.05) is 56.4 Å². The molecule has 7 heterocycles. The maximum Gasteiger partial charge on any atom is 0.155 e. The molecule has 0 N–H and O–H groups in total. The van der Waals surface area contributed by atoms with Gasteiger partial charge in [-0.1, -0.05) is 60.7 Å². The molecule has 7 aromatic heterocycles. The fourth-order valence-electron chi connectivity index (χ4n) is 7.60. The largest absolute Gasteiger partial charge is 0.453 e. The van der Waals surface area contributed by atoms with E-state index in [1.54, 1.807) is 0 Å². The van der Waals surface area contributed by atoms with Crippen LogP contribution in [-0.4, -0.2) is 29.1 Å². The fourth-order valence-corrected chi connectivity index (χ4v) is 7.60. The minimum Gasteiger partial charge on any atom is -0.453 e. The lowest BCUT2D eigenvalue weighted by Gasteiger charge is -2.08. The highest BCUT2D eigenvalue weighted by Crippen LogP contribution is 2.37. The summed E-state index contributed by atoms with van der Waals surface area (Å²) in [4.78, 5) is 19.2. The van der Waals surface area contributed by atoms with Crippen LogP contribution in [0.15, 0.2) is 163 Å². The van der Waals surface area contributed by atoms with Crippen LogP contribution in [0.2, 0.25) is 0 Å². The van der Waals surface area contributed by atoms with Crippen LogP contribution in [0.4, 0.5) is 0 Å². The van der Waals surface area contributed by atoms with E-state index in [2.05, 4.69) is 116 Å². The molecule has 7 heteroatoms. The molecular weight excluding hydrogens is 629 g/mol. The molecule has 0 aliphatic heterocycles. The smallest absolute Gasteiger partial charge is 0.155 e. The molecule has 0 aliphatic rings. The lowest BCUT2D eigenvalue weighted by molar-refractivity contribution is 0.667. The molecule has 7 nitrogen and oxygen atoms in total. The van der Waals surface area contributed by atoms with Gasteiger partial charge >= 0.3 is 0 Å². The summed E-state index contributed by atoms with van der Waals surface area (Å²) in [6.07, 6.45) is 7.57. The molecule has 51 heavy (non-hydrogen) atoms. The summed E-state index contributed by atoms with van der Waals surface area (Å²) in [5, 5.41) is 4.66. The van der Waals surface area contributed by atoms with E-state index in [0.717, 1.165) is 77.8 Å². The van der Waals surface area contributed by atoms with Crippen LogP contribution >= 0.6 is 0 Å². The van der Waals surface area contributed by atoms with Crippen molar-refractivity contribution >= 4 is 65.8 Å². The van der Waals surface area contributed by atoms with E-state index in [1.165, 1.54) is 10.8 Å². The van der Waals surface area contributed by atoms with Crippen LogP contribution in [0.3, 0.4) is 0 Å². The maximum atomic E-state index is 6.26.